The van der Waals surface area contributed by atoms with Crippen molar-refractivity contribution in [2.45, 2.75) is 32.7 Å². The number of aliphatic hydroxyl groups is 1. The van der Waals surface area contributed by atoms with Crippen LogP contribution >= 0.6 is 0 Å². The number of ether oxygens (including phenoxy) is 1. The number of rotatable bonds is 8. The minimum absolute atomic E-state index is 0.0358. The maximum Gasteiger partial charge on any atom is 0.258 e. The quantitative estimate of drug-likeness (QED) is 0.765. The molecule has 0 bridgehead atoms. The number of amides is 1. The van der Waals surface area contributed by atoms with Gasteiger partial charge in [0.15, 0.2) is 6.61 Å². The van der Waals surface area contributed by atoms with Gasteiger partial charge >= 0.3 is 0 Å². The van der Waals surface area contributed by atoms with Gasteiger partial charge < -0.3 is 15.2 Å². The molecule has 21 heavy (non-hydrogen) atoms. The summed E-state index contributed by atoms with van der Waals surface area (Å²) in [6, 6.07) is 8.75. The summed E-state index contributed by atoms with van der Waals surface area (Å²) in [5, 5.41) is 20.7. The van der Waals surface area contributed by atoms with Gasteiger partial charge in [-0.25, -0.2) is 0 Å². The molecule has 1 amide bonds. The summed E-state index contributed by atoms with van der Waals surface area (Å²) in [5.41, 5.74) is 0.496. The van der Waals surface area contributed by atoms with E-state index in [2.05, 4.69) is 5.32 Å². The lowest BCUT2D eigenvalue weighted by atomic mass is 10.0. The Hall–Kier alpha value is -2.06. The van der Waals surface area contributed by atoms with Crippen LogP contribution < -0.4 is 10.1 Å². The van der Waals surface area contributed by atoms with Crippen LogP contribution in [0.5, 0.6) is 5.75 Å². The molecule has 0 unspecified atom stereocenters. The summed E-state index contributed by atoms with van der Waals surface area (Å²) in [6.07, 6.45) is 1.54. The van der Waals surface area contributed by atoms with Gasteiger partial charge in [-0.15, -0.1) is 0 Å². The summed E-state index contributed by atoms with van der Waals surface area (Å²) in [4.78, 5) is 11.8. The Bertz CT molecular complexity index is 497. The van der Waals surface area contributed by atoms with Crippen molar-refractivity contribution in [1.29, 1.82) is 5.26 Å². The summed E-state index contributed by atoms with van der Waals surface area (Å²) in [6.45, 7) is 3.97. The van der Waals surface area contributed by atoms with E-state index in [4.69, 9.17) is 15.1 Å². The van der Waals surface area contributed by atoms with Crippen LogP contribution in [0.2, 0.25) is 0 Å². The van der Waals surface area contributed by atoms with E-state index in [0.29, 0.717) is 11.3 Å². The van der Waals surface area contributed by atoms with Crippen LogP contribution in [-0.2, 0) is 4.79 Å². The summed E-state index contributed by atoms with van der Waals surface area (Å²) < 4.78 is 5.37. The number of hydrogen-bond donors (Lipinski definition) is 2. The topological polar surface area (TPSA) is 82.3 Å². The van der Waals surface area contributed by atoms with Crippen LogP contribution in [0.4, 0.5) is 0 Å². The molecular formula is C16H22N2O3. The van der Waals surface area contributed by atoms with E-state index in [-0.39, 0.29) is 31.1 Å². The molecule has 5 nitrogen and oxygen atoms in total. The Morgan fingerprint density at radius 1 is 1.52 bits per heavy atom. The molecule has 0 saturated heterocycles. The number of benzene rings is 1. The SMILES string of the molecule is CC[C@@H](C[C@@H](C)CO)NC(=O)COc1cccc(C#N)c1. The number of carbonyl (C=O) groups is 1. The van der Waals surface area contributed by atoms with Crippen LogP contribution in [0.15, 0.2) is 24.3 Å². The molecule has 0 saturated carbocycles. The van der Waals surface area contributed by atoms with E-state index in [9.17, 15) is 4.79 Å². The highest BCUT2D eigenvalue weighted by Crippen LogP contribution is 2.12. The molecule has 1 rings (SSSR count). The monoisotopic (exact) mass is 290 g/mol. The Labute approximate surface area is 125 Å². The molecule has 0 spiro atoms. The number of nitrogens with one attached hydrogen (secondary N) is 1. The van der Waals surface area contributed by atoms with Crippen molar-refractivity contribution in [3.05, 3.63) is 29.8 Å². The van der Waals surface area contributed by atoms with E-state index in [0.717, 1.165) is 12.8 Å². The van der Waals surface area contributed by atoms with Gasteiger partial charge in [-0.2, -0.15) is 5.26 Å². The highest BCUT2D eigenvalue weighted by Gasteiger charge is 2.14. The highest BCUT2D eigenvalue weighted by molar-refractivity contribution is 5.77. The average Bonchev–Trinajstić information content (AvgIpc) is 2.52. The number of nitriles is 1. The molecule has 5 heteroatoms. The fourth-order valence-corrected chi connectivity index (χ4v) is 1.96. The van der Waals surface area contributed by atoms with Crippen molar-refractivity contribution >= 4 is 5.91 Å². The van der Waals surface area contributed by atoms with Crippen LogP contribution in [0.25, 0.3) is 0 Å². The molecule has 0 heterocycles. The maximum atomic E-state index is 11.8. The van der Waals surface area contributed by atoms with Crippen molar-refractivity contribution in [3.63, 3.8) is 0 Å². The van der Waals surface area contributed by atoms with E-state index in [1.807, 2.05) is 19.9 Å². The number of aliphatic hydroxyl groups excluding tert-OH is 1. The molecule has 2 N–H and O–H groups in total. The molecule has 2 atom stereocenters. The van der Waals surface area contributed by atoms with Crippen molar-refractivity contribution in [2.75, 3.05) is 13.2 Å². The van der Waals surface area contributed by atoms with E-state index < -0.39 is 0 Å². The molecule has 0 aliphatic carbocycles. The van der Waals surface area contributed by atoms with Crippen LogP contribution in [0, 0.1) is 17.2 Å². The van der Waals surface area contributed by atoms with Crippen LogP contribution in [0.3, 0.4) is 0 Å². The highest BCUT2D eigenvalue weighted by atomic mass is 16.5. The molecule has 0 radical (unpaired) electrons. The van der Waals surface area contributed by atoms with Gasteiger partial charge in [-0.05, 0) is 37.0 Å². The van der Waals surface area contributed by atoms with Gasteiger partial charge in [0.2, 0.25) is 0 Å². The lowest BCUT2D eigenvalue weighted by Crippen LogP contribution is -2.38. The van der Waals surface area contributed by atoms with Crippen LogP contribution in [-0.4, -0.2) is 30.3 Å². The molecular weight excluding hydrogens is 268 g/mol. The van der Waals surface area contributed by atoms with Gasteiger partial charge in [0.1, 0.15) is 5.75 Å². The summed E-state index contributed by atoms with van der Waals surface area (Å²) in [5.74, 6) is 0.457. The van der Waals surface area contributed by atoms with E-state index in [1.54, 1.807) is 24.3 Å². The second kappa shape index (κ2) is 8.98. The Balaban J connectivity index is 2.44. The third kappa shape index (κ3) is 6.28. The van der Waals surface area contributed by atoms with Crippen molar-refractivity contribution in [3.8, 4) is 11.8 Å². The zero-order valence-electron chi connectivity index (χ0n) is 12.5. The van der Waals surface area contributed by atoms with Crippen molar-refractivity contribution in [1.82, 2.24) is 5.32 Å². The number of hydrogen-bond acceptors (Lipinski definition) is 4. The first kappa shape index (κ1) is 17.0. The Morgan fingerprint density at radius 2 is 2.29 bits per heavy atom. The largest absolute Gasteiger partial charge is 0.484 e. The van der Waals surface area contributed by atoms with Gasteiger partial charge in [0, 0.05) is 12.6 Å². The standard InChI is InChI=1S/C16H22N2O3/c1-3-14(7-12(2)10-19)18-16(20)11-21-15-6-4-5-13(8-15)9-17/h4-6,8,12,14,19H,3,7,10-11H2,1-2H3,(H,18,20)/t12-,14+/m1/s1. The smallest absolute Gasteiger partial charge is 0.258 e. The first-order valence-electron chi connectivity index (χ1n) is 7.12. The maximum absolute atomic E-state index is 11.8. The predicted molar refractivity (Wildman–Crippen MR) is 79.7 cm³/mol. The van der Waals surface area contributed by atoms with Crippen molar-refractivity contribution < 1.29 is 14.6 Å². The average molecular weight is 290 g/mol. The third-order valence-electron chi connectivity index (χ3n) is 3.19. The van der Waals surface area contributed by atoms with Crippen LogP contribution in [0.1, 0.15) is 32.3 Å². The third-order valence-corrected chi connectivity index (χ3v) is 3.19. The molecule has 114 valence electrons. The van der Waals surface area contributed by atoms with E-state index >= 15 is 0 Å². The number of nitrogens with zero attached hydrogens (tertiary/aromatic N) is 1. The minimum Gasteiger partial charge on any atom is -0.484 e. The Kier molecular flexibility index (Phi) is 7.27. The first-order valence-corrected chi connectivity index (χ1v) is 7.12. The predicted octanol–water partition coefficient (Wildman–Crippen LogP) is 1.85. The molecule has 0 aliphatic heterocycles. The van der Waals surface area contributed by atoms with Gasteiger partial charge in [0.25, 0.3) is 5.91 Å². The fraction of sp³-hybridized carbons (Fsp3) is 0.500. The summed E-state index contributed by atoms with van der Waals surface area (Å²) in [7, 11) is 0. The van der Waals surface area contributed by atoms with Gasteiger partial charge in [-0.3, -0.25) is 4.79 Å². The molecule has 1 aromatic rings. The number of carbonyl (C=O) groups excluding carboxylic acids is 1. The van der Waals surface area contributed by atoms with Crippen molar-refractivity contribution in [2.24, 2.45) is 5.92 Å². The van der Waals surface area contributed by atoms with Gasteiger partial charge in [-0.1, -0.05) is 19.9 Å². The van der Waals surface area contributed by atoms with E-state index in [1.165, 1.54) is 0 Å². The van der Waals surface area contributed by atoms with Gasteiger partial charge in [0.05, 0.1) is 11.6 Å². The molecule has 0 aliphatic rings. The fourth-order valence-electron chi connectivity index (χ4n) is 1.96. The lowest BCUT2D eigenvalue weighted by Gasteiger charge is -2.20. The molecule has 0 aromatic heterocycles. The first-order chi connectivity index (χ1) is 10.1. The molecule has 0 fully saturated rings. The molecule has 1 aromatic carbocycles. The lowest BCUT2D eigenvalue weighted by molar-refractivity contribution is -0.124. The minimum atomic E-state index is -0.200. The zero-order valence-corrected chi connectivity index (χ0v) is 12.5. The second-order valence-electron chi connectivity index (χ2n) is 5.12. The second-order valence-corrected chi connectivity index (χ2v) is 5.12. The zero-order chi connectivity index (χ0) is 15.7. The normalized spacial score (nSPS) is 13.0. The Morgan fingerprint density at radius 3 is 2.90 bits per heavy atom. The summed E-state index contributed by atoms with van der Waals surface area (Å²) >= 11 is 0.